The number of piperidine rings is 1. The van der Waals surface area contributed by atoms with Crippen molar-refractivity contribution in [1.82, 2.24) is 10.3 Å². The summed E-state index contributed by atoms with van der Waals surface area (Å²) in [4.78, 5) is 6.65. The molecular formula is C14H21Cl2N3. The highest BCUT2D eigenvalue weighted by molar-refractivity contribution is 6.36. The second-order valence-electron chi connectivity index (χ2n) is 5.48. The van der Waals surface area contributed by atoms with Gasteiger partial charge in [-0.15, -0.1) is 0 Å². The lowest BCUT2D eigenvalue weighted by molar-refractivity contribution is 0.378. The summed E-state index contributed by atoms with van der Waals surface area (Å²) in [5.41, 5.74) is 0. The molecular weight excluding hydrogens is 281 g/mol. The highest BCUT2D eigenvalue weighted by atomic mass is 35.5. The van der Waals surface area contributed by atoms with E-state index in [0.29, 0.717) is 22.0 Å². The molecule has 0 amide bonds. The van der Waals surface area contributed by atoms with Crippen LogP contribution in [-0.2, 0) is 0 Å². The van der Waals surface area contributed by atoms with Crippen LogP contribution in [0, 0.1) is 5.92 Å². The molecule has 0 spiro atoms. The fourth-order valence-electron chi connectivity index (χ4n) is 2.47. The van der Waals surface area contributed by atoms with Gasteiger partial charge >= 0.3 is 0 Å². The fraction of sp³-hybridized carbons (Fsp3) is 0.643. The van der Waals surface area contributed by atoms with Crippen molar-refractivity contribution >= 4 is 29.0 Å². The summed E-state index contributed by atoms with van der Waals surface area (Å²) in [6, 6.07) is 2.30. The lowest BCUT2D eigenvalue weighted by Crippen LogP contribution is -2.41. The molecule has 1 unspecified atom stereocenters. The van der Waals surface area contributed by atoms with E-state index >= 15 is 0 Å². The Morgan fingerprint density at radius 2 is 2.26 bits per heavy atom. The standard InChI is InChI=1S/C14H21Cl2N3/c1-10(2)17-7-11-4-3-5-19(9-11)14-13(16)6-12(15)8-18-14/h6,8,10-11,17H,3-5,7,9H2,1-2H3. The molecule has 1 aliphatic heterocycles. The molecule has 5 heteroatoms. The van der Waals surface area contributed by atoms with Crippen LogP contribution in [0.2, 0.25) is 10.0 Å². The number of anilines is 1. The van der Waals surface area contributed by atoms with Crippen LogP contribution in [0.4, 0.5) is 5.82 Å². The number of nitrogens with zero attached hydrogens (tertiary/aromatic N) is 2. The molecule has 0 aromatic carbocycles. The molecule has 2 heterocycles. The van der Waals surface area contributed by atoms with E-state index in [2.05, 4.69) is 29.0 Å². The van der Waals surface area contributed by atoms with Crippen LogP contribution in [0.5, 0.6) is 0 Å². The van der Waals surface area contributed by atoms with Crippen molar-refractivity contribution in [2.75, 3.05) is 24.5 Å². The van der Waals surface area contributed by atoms with Crippen LogP contribution in [0.25, 0.3) is 0 Å². The van der Waals surface area contributed by atoms with E-state index in [4.69, 9.17) is 23.2 Å². The summed E-state index contributed by atoms with van der Waals surface area (Å²) < 4.78 is 0. The second kappa shape index (κ2) is 6.78. The highest BCUT2D eigenvalue weighted by Crippen LogP contribution is 2.29. The fourth-order valence-corrected chi connectivity index (χ4v) is 2.97. The zero-order chi connectivity index (χ0) is 13.8. The van der Waals surface area contributed by atoms with E-state index in [1.165, 1.54) is 12.8 Å². The third-order valence-electron chi connectivity index (χ3n) is 3.42. The summed E-state index contributed by atoms with van der Waals surface area (Å²) in [6.07, 6.45) is 4.12. The van der Waals surface area contributed by atoms with E-state index in [-0.39, 0.29) is 0 Å². The zero-order valence-corrected chi connectivity index (χ0v) is 13.0. The molecule has 1 fully saturated rings. The van der Waals surface area contributed by atoms with Crippen molar-refractivity contribution < 1.29 is 0 Å². The van der Waals surface area contributed by atoms with Gasteiger partial charge in [-0.2, -0.15) is 0 Å². The Labute approximate surface area is 125 Å². The van der Waals surface area contributed by atoms with Gasteiger partial charge < -0.3 is 10.2 Å². The molecule has 0 saturated carbocycles. The lowest BCUT2D eigenvalue weighted by atomic mass is 9.97. The number of halogens is 2. The van der Waals surface area contributed by atoms with Crippen LogP contribution in [0.1, 0.15) is 26.7 Å². The van der Waals surface area contributed by atoms with Gasteiger partial charge in [0, 0.05) is 25.3 Å². The van der Waals surface area contributed by atoms with Gasteiger partial charge in [-0.3, -0.25) is 0 Å². The van der Waals surface area contributed by atoms with Gasteiger partial charge in [0.25, 0.3) is 0 Å². The monoisotopic (exact) mass is 301 g/mol. The predicted octanol–water partition coefficient (Wildman–Crippen LogP) is 3.60. The lowest BCUT2D eigenvalue weighted by Gasteiger charge is -2.34. The van der Waals surface area contributed by atoms with Crippen LogP contribution < -0.4 is 10.2 Å². The van der Waals surface area contributed by atoms with Crippen molar-refractivity contribution in [3.63, 3.8) is 0 Å². The second-order valence-corrected chi connectivity index (χ2v) is 6.32. The van der Waals surface area contributed by atoms with Gasteiger partial charge in [0.15, 0.2) is 0 Å². The first kappa shape index (κ1) is 14.9. The number of nitrogens with one attached hydrogen (secondary N) is 1. The van der Waals surface area contributed by atoms with Gasteiger partial charge in [0.05, 0.1) is 10.0 Å². The van der Waals surface area contributed by atoms with Gasteiger partial charge in [-0.1, -0.05) is 37.0 Å². The molecule has 3 nitrogen and oxygen atoms in total. The van der Waals surface area contributed by atoms with Gasteiger partial charge in [0.2, 0.25) is 0 Å². The first-order valence-electron chi connectivity index (χ1n) is 6.85. The van der Waals surface area contributed by atoms with Crippen LogP contribution in [0.15, 0.2) is 12.3 Å². The predicted molar refractivity (Wildman–Crippen MR) is 82.3 cm³/mol. The smallest absolute Gasteiger partial charge is 0.147 e. The first-order valence-corrected chi connectivity index (χ1v) is 7.61. The van der Waals surface area contributed by atoms with Crippen molar-refractivity contribution in [3.8, 4) is 0 Å². The van der Waals surface area contributed by atoms with Crippen molar-refractivity contribution in [3.05, 3.63) is 22.3 Å². The third-order valence-corrected chi connectivity index (χ3v) is 3.91. The molecule has 106 valence electrons. The van der Waals surface area contributed by atoms with E-state index < -0.39 is 0 Å². The number of pyridine rings is 1. The quantitative estimate of drug-likeness (QED) is 0.921. The largest absolute Gasteiger partial charge is 0.355 e. The average Bonchev–Trinajstić information content (AvgIpc) is 2.36. The molecule has 1 saturated heterocycles. The maximum atomic E-state index is 6.23. The molecule has 1 N–H and O–H groups in total. The SMILES string of the molecule is CC(C)NCC1CCCN(c2ncc(Cl)cc2Cl)C1. The minimum Gasteiger partial charge on any atom is -0.355 e. The zero-order valence-electron chi connectivity index (χ0n) is 11.5. The minimum atomic E-state index is 0.535. The molecule has 2 rings (SSSR count). The van der Waals surface area contributed by atoms with E-state index in [9.17, 15) is 0 Å². The molecule has 19 heavy (non-hydrogen) atoms. The Hall–Kier alpha value is -0.510. The maximum Gasteiger partial charge on any atom is 0.147 e. The summed E-state index contributed by atoms with van der Waals surface area (Å²) in [5, 5.41) is 4.74. The normalized spacial score (nSPS) is 20.1. The van der Waals surface area contributed by atoms with E-state index in [0.717, 1.165) is 25.5 Å². The maximum absolute atomic E-state index is 6.23. The van der Waals surface area contributed by atoms with Crippen molar-refractivity contribution in [1.29, 1.82) is 0 Å². The third kappa shape index (κ3) is 4.23. The molecule has 0 bridgehead atoms. The van der Waals surface area contributed by atoms with Crippen molar-refractivity contribution in [2.45, 2.75) is 32.7 Å². The molecule has 1 aromatic rings. The number of aromatic nitrogens is 1. The Bertz CT molecular complexity index is 423. The van der Waals surface area contributed by atoms with Crippen LogP contribution >= 0.6 is 23.2 Å². The summed E-state index contributed by atoms with van der Waals surface area (Å²) in [5.74, 6) is 1.52. The van der Waals surface area contributed by atoms with E-state index in [1.54, 1.807) is 12.3 Å². The summed E-state index contributed by atoms with van der Waals surface area (Å²) in [6.45, 7) is 7.44. The highest BCUT2D eigenvalue weighted by Gasteiger charge is 2.22. The molecule has 0 aliphatic carbocycles. The van der Waals surface area contributed by atoms with Crippen LogP contribution in [-0.4, -0.2) is 30.7 Å². The molecule has 0 radical (unpaired) electrons. The minimum absolute atomic E-state index is 0.535. The molecule has 1 atom stereocenters. The van der Waals surface area contributed by atoms with Gasteiger partial charge in [-0.25, -0.2) is 4.98 Å². The number of rotatable bonds is 4. The Kier molecular flexibility index (Phi) is 5.31. The molecule has 1 aromatic heterocycles. The van der Waals surface area contributed by atoms with Crippen LogP contribution in [0.3, 0.4) is 0 Å². The first-order chi connectivity index (χ1) is 9.06. The Balaban J connectivity index is 2.00. The topological polar surface area (TPSA) is 28.2 Å². The van der Waals surface area contributed by atoms with E-state index in [1.807, 2.05) is 0 Å². The number of hydrogen-bond donors (Lipinski definition) is 1. The number of hydrogen-bond acceptors (Lipinski definition) is 3. The Morgan fingerprint density at radius 1 is 1.47 bits per heavy atom. The van der Waals surface area contributed by atoms with Crippen molar-refractivity contribution in [2.24, 2.45) is 5.92 Å². The summed E-state index contributed by atoms with van der Waals surface area (Å²) >= 11 is 12.1. The van der Waals surface area contributed by atoms with Gasteiger partial charge in [-0.05, 0) is 31.4 Å². The van der Waals surface area contributed by atoms with Gasteiger partial charge in [0.1, 0.15) is 5.82 Å². The summed E-state index contributed by atoms with van der Waals surface area (Å²) in [7, 11) is 0. The average molecular weight is 302 g/mol. The molecule has 1 aliphatic rings. The Morgan fingerprint density at radius 3 is 2.95 bits per heavy atom.